The zero-order valence-electron chi connectivity index (χ0n) is 14.2. The van der Waals surface area contributed by atoms with Crippen molar-refractivity contribution >= 4 is 29.9 Å². The summed E-state index contributed by atoms with van der Waals surface area (Å²) < 4.78 is 15.1. The van der Waals surface area contributed by atoms with Crippen molar-refractivity contribution in [2.24, 2.45) is 4.99 Å². The predicted molar refractivity (Wildman–Crippen MR) is 104 cm³/mol. The number of nitrogens with zero attached hydrogens (tertiary/aromatic N) is 4. The lowest BCUT2D eigenvalue weighted by molar-refractivity contribution is 0.625. The van der Waals surface area contributed by atoms with Gasteiger partial charge in [0.05, 0.1) is 6.54 Å². The van der Waals surface area contributed by atoms with Crippen molar-refractivity contribution in [2.75, 3.05) is 13.6 Å². The minimum absolute atomic E-state index is 0. The Kier molecular flexibility index (Phi) is 8.66. The number of aliphatic imine (C=N–C) groups is 1. The molecule has 8 heteroatoms. The van der Waals surface area contributed by atoms with Gasteiger partial charge in [0.1, 0.15) is 12.1 Å². The van der Waals surface area contributed by atoms with E-state index in [0.717, 1.165) is 29.9 Å². The van der Waals surface area contributed by atoms with E-state index in [1.807, 2.05) is 24.5 Å². The maximum Gasteiger partial charge on any atom is 0.191 e. The summed E-state index contributed by atoms with van der Waals surface area (Å²) in [7, 11) is 1.73. The second-order valence-corrected chi connectivity index (χ2v) is 5.21. The SMILES string of the molecule is CCn1cnnc1CNC(=NC)NCCc1ccc(F)cc1C.I. The highest BCUT2D eigenvalue weighted by molar-refractivity contribution is 14.0. The molecule has 2 aromatic rings. The first-order valence-corrected chi connectivity index (χ1v) is 7.70. The lowest BCUT2D eigenvalue weighted by Crippen LogP contribution is -2.38. The molecule has 0 aliphatic carbocycles. The third-order valence-corrected chi connectivity index (χ3v) is 3.67. The first-order chi connectivity index (χ1) is 11.1. The van der Waals surface area contributed by atoms with Gasteiger partial charge in [0.15, 0.2) is 11.8 Å². The van der Waals surface area contributed by atoms with Gasteiger partial charge < -0.3 is 15.2 Å². The Hall–Kier alpha value is -1.71. The van der Waals surface area contributed by atoms with E-state index in [1.54, 1.807) is 19.4 Å². The van der Waals surface area contributed by atoms with Gasteiger partial charge in [-0.15, -0.1) is 34.2 Å². The average molecular weight is 446 g/mol. The molecule has 0 bridgehead atoms. The van der Waals surface area contributed by atoms with E-state index in [1.165, 1.54) is 6.07 Å². The Balaban J connectivity index is 0.00000288. The van der Waals surface area contributed by atoms with Gasteiger partial charge >= 0.3 is 0 Å². The lowest BCUT2D eigenvalue weighted by atomic mass is 10.1. The smallest absolute Gasteiger partial charge is 0.191 e. The summed E-state index contributed by atoms with van der Waals surface area (Å²) >= 11 is 0. The first-order valence-electron chi connectivity index (χ1n) is 7.70. The fraction of sp³-hybridized carbons (Fsp3) is 0.438. The molecule has 0 aliphatic rings. The molecule has 2 N–H and O–H groups in total. The normalized spacial score (nSPS) is 11.1. The zero-order chi connectivity index (χ0) is 16.7. The molecule has 0 saturated heterocycles. The van der Waals surface area contributed by atoms with Crippen LogP contribution in [0.5, 0.6) is 0 Å². The van der Waals surface area contributed by atoms with Gasteiger partial charge in [0, 0.05) is 20.1 Å². The second kappa shape index (κ2) is 10.2. The van der Waals surface area contributed by atoms with Gasteiger partial charge in [-0.3, -0.25) is 4.99 Å². The minimum atomic E-state index is -0.197. The summed E-state index contributed by atoms with van der Waals surface area (Å²) in [6.45, 7) is 6.07. The highest BCUT2D eigenvalue weighted by Gasteiger charge is 2.05. The van der Waals surface area contributed by atoms with Crippen LogP contribution in [0.1, 0.15) is 23.9 Å². The Morgan fingerprint density at radius 3 is 2.79 bits per heavy atom. The molecule has 0 fully saturated rings. The van der Waals surface area contributed by atoms with Crippen LogP contribution < -0.4 is 10.6 Å². The van der Waals surface area contributed by atoms with Crippen LogP contribution in [0.2, 0.25) is 0 Å². The summed E-state index contributed by atoms with van der Waals surface area (Å²) in [6.07, 6.45) is 2.52. The third-order valence-electron chi connectivity index (χ3n) is 3.67. The highest BCUT2D eigenvalue weighted by atomic mass is 127. The number of halogens is 2. The molecule has 6 nitrogen and oxygen atoms in total. The molecule has 0 unspecified atom stereocenters. The first kappa shape index (κ1) is 20.3. The second-order valence-electron chi connectivity index (χ2n) is 5.21. The number of benzene rings is 1. The quantitative estimate of drug-likeness (QED) is 0.406. The van der Waals surface area contributed by atoms with Crippen molar-refractivity contribution in [1.29, 1.82) is 0 Å². The summed E-state index contributed by atoms with van der Waals surface area (Å²) in [5.41, 5.74) is 2.09. The van der Waals surface area contributed by atoms with E-state index >= 15 is 0 Å². The van der Waals surface area contributed by atoms with Crippen LogP contribution in [0.25, 0.3) is 0 Å². The third kappa shape index (κ3) is 5.73. The predicted octanol–water partition coefficient (Wildman–Crippen LogP) is 2.27. The molecule has 1 aromatic carbocycles. The topological polar surface area (TPSA) is 67.1 Å². The Morgan fingerprint density at radius 2 is 2.12 bits per heavy atom. The van der Waals surface area contributed by atoms with Crippen LogP contribution in [-0.2, 0) is 19.5 Å². The highest BCUT2D eigenvalue weighted by Crippen LogP contribution is 2.10. The number of hydrogen-bond donors (Lipinski definition) is 2. The van der Waals surface area contributed by atoms with E-state index in [-0.39, 0.29) is 29.8 Å². The van der Waals surface area contributed by atoms with E-state index in [4.69, 9.17) is 0 Å². The number of hydrogen-bond acceptors (Lipinski definition) is 3. The van der Waals surface area contributed by atoms with Crippen molar-refractivity contribution in [3.8, 4) is 0 Å². The van der Waals surface area contributed by atoms with Crippen molar-refractivity contribution in [3.63, 3.8) is 0 Å². The molecular formula is C16H24FIN6. The van der Waals surface area contributed by atoms with E-state index in [9.17, 15) is 4.39 Å². The van der Waals surface area contributed by atoms with Gasteiger partial charge in [0.25, 0.3) is 0 Å². The van der Waals surface area contributed by atoms with Crippen LogP contribution in [0.3, 0.4) is 0 Å². The van der Waals surface area contributed by atoms with E-state index < -0.39 is 0 Å². The van der Waals surface area contributed by atoms with Crippen LogP contribution in [0, 0.1) is 12.7 Å². The van der Waals surface area contributed by atoms with Crippen LogP contribution >= 0.6 is 24.0 Å². The van der Waals surface area contributed by atoms with Crippen molar-refractivity contribution in [2.45, 2.75) is 33.4 Å². The largest absolute Gasteiger partial charge is 0.356 e. The van der Waals surface area contributed by atoms with Gasteiger partial charge in [-0.2, -0.15) is 0 Å². The van der Waals surface area contributed by atoms with E-state index in [2.05, 4.69) is 25.8 Å². The molecule has 0 atom stereocenters. The molecule has 24 heavy (non-hydrogen) atoms. The molecule has 0 aliphatic heterocycles. The molecule has 0 spiro atoms. The minimum Gasteiger partial charge on any atom is -0.356 e. The van der Waals surface area contributed by atoms with Crippen molar-refractivity contribution in [1.82, 2.24) is 25.4 Å². The van der Waals surface area contributed by atoms with Gasteiger partial charge in [-0.05, 0) is 43.5 Å². The zero-order valence-corrected chi connectivity index (χ0v) is 16.5. The van der Waals surface area contributed by atoms with Crippen LogP contribution in [0.15, 0.2) is 29.5 Å². The fourth-order valence-electron chi connectivity index (χ4n) is 2.32. The maximum atomic E-state index is 13.1. The average Bonchev–Trinajstić information content (AvgIpc) is 3.00. The molecular weight excluding hydrogens is 422 g/mol. The molecule has 0 radical (unpaired) electrons. The van der Waals surface area contributed by atoms with Gasteiger partial charge in [-0.1, -0.05) is 6.07 Å². The van der Waals surface area contributed by atoms with Gasteiger partial charge in [-0.25, -0.2) is 4.39 Å². The maximum absolute atomic E-state index is 13.1. The molecule has 2 rings (SSSR count). The molecule has 1 heterocycles. The number of nitrogens with one attached hydrogen (secondary N) is 2. The molecule has 0 amide bonds. The van der Waals surface area contributed by atoms with Crippen LogP contribution in [0.4, 0.5) is 4.39 Å². The lowest BCUT2D eigenvalue weighted by Gasteiger charge is -2.12. The molecule has 0 saturated carbocycles. The molecule has 1 aromatic heterocycles. The summed E-state index contributed by atoms with van der Waals surface area (Å²) in [4.78, 5) is 4.19. The number of aromatic nitrogens is 3. The Bertz CT molecular complexity index is 670. The monoisotopic (exact) mass is 446 g/mol. The Labute approximate surface area is 159 Å². The number of aryl methyl sites for hydroxylation is 2. The van der Waals surface area contributed by atoms with E-state index in [0.29, 0.717) is 19.0 Å². The van der Waals surface area contributed by atoms with Gasteiger partial charge in [0.2, 0.25) is 0 Å². The number of rotatable bonds is 6. The fourth-order valence-corrected chi connectivity index (χ4v) is 2.32. The summed E-state index contributed by atoms with van der Waals surface area (Å²) in [6, 6.07) is 4.87. The van der Waals surface area contributed by atoms with Crippen LogP contribution in [-0.4, -0.2) is 34.3 Å². The molecule has 132 valence electrons. The number of guanidine groups is 1. The van der Waals surface area contributed by atoms with Crippen molar-refractivity contribution < 1.29 is 4.39 Å². The standard InChI is InChI=1S/C16H23FN6.HI/c1-4-23-11-21-22-15(23)10-20-16(18-3)19-8-7-13-5-6-14(17)9-12(13)2;/h5-6,9,11H,4,7-8,10H2,1-3H3,(H2,18,19,20);1H. The Morgan fingerprint density at radius 1 is 1.33 bits per heavy atom. The van der Waals surface area contributed by atoms with Crippen molar-refractivity contribution in [3.05, 3.63) is 47.3 Å². The summed E-state index contributed by atoms with van der Waals surface area (Å²) in [5, 5.41) is 14.4. The summed E-state index contributed by atoms with van der Waals surface area (Å²) in [5.74, 6) is 1.37.